The first-order chi connectivity index (χ1) is 10.3. The first kappa shape index (κ1) is 16.9. The van der Waals surface area contributed by atoms with Crippen molar-refractivity contribution in [3.05, 3.63) is 58.6 Å². The molecule has 0 bridgehead atoms. The predicted molar refractivity (Wildman–Crippen MR) is 94.5 cm³/mol. The first-order valence-electron chi connectivity index (χ1n) is 7.18. The lowest BCUT2D eigenvalue weighted by Crippen LogP contribution is -2.03. The van der Waals surface area contributed by atoms with E-state index >= 15 is 0 Å². The highest BCUT2D eigenvalue weighted by Gasteiger charge is 2.18. The second kappa shape index (κ2) is 6.76. The molecule has 1 atom stereocenters. The molecule has 0 radical (unpaired) electrons. The molecule has 0 saturated heterocycles. The number of anilines is 1. The Kier molecular flexibility index (Phi) is 5.20. The van der Waals surface area contributed by atoms with E-state index in [0.717, 1.165) is 11.3 Å². The number of hydrogen-bond donors (Lipinski definition) is 1. The molecule has 0 fully saturated rings. The Labute approximate surface area is 137 Å². The highest BCUT2D eigenvalue weighted by Crippen LogP contribution is 2.44. The normalized spacial score (nSPS) is 13.7. The summed E-state index contributed by atoms with van der Waals surface area (Å²) < 4.78 is 18.3. The molecule has 0 aliphatic carbocycles. The van der Waals surface area contributed by atoms with Gasteiger partial charge in [0, 0.05) is 17.4 Å². The number of nitrogens with one attached hydrogen (secondary N) is 1. The smallest absolute Gasteiger partial charge is 0.338 e. The van der Waals surface area contributed by atoms with Gasteiger partial charge < -0.3 is 9.61 Å². The van der Waals surface area contributed by atoms with E-state index in [0.29, 0.717) is 16.7 Å². The number of aryl methyl sites for hydroxylation is 1. The summed E-state index contributed by atoms with van der Waals surface area (Å²) in [5.74, 6) is 1.04. The summed E-state index contributed by atoms with van der Waals surface area (Å²) in [7, 11) is -3.03. The van der Waals surface area contributed by atoms with Crippen LogP contribution in [0.3, 0.4) is 0 Å². The maximum atomic E-state index is 12.7. The summed E-state index contributed by atoms with van der Waals surface area (Å²) >= 11 is 5.98. The molecule has 2 rings (SSSR count). The Hall–Kier alpha value is -1.44. The zero-order valence-corrected chi connectivity index (χ0v) is 14.9. The van der Waals surface area contributed by atoms with E-state index in [2.05, 4.69) is 18.9 Å². The summed E-state index contributed by atoms with van der Waals surface area (Å²) in [6.45, 7) is 7.74. The van der Waals surface area contributed by atoms with Crippen LogP contribution in [0.25, 0.3) is 0 Å². The van der Waals surface area contributed by atoms with Crippen molar-refractivity contribution in [2.75, 3.05) is 11.8 Å². The van der Waals surface area contributed by atoms with Crippen LogP contribution in [0.15, 0.2) is 42.5 Å². The fourth-order valence-electron chi connectivity index (χ4n) is 2.07. The highest BCUT2D eigenvalue weighted by molar-refractivity contribution is 7.60. The number of hydrogen-bond acceptors (Lipinski definition) is 2. The molecule has 118 valence electrons. The van der Waals surface area contributed by atoms with Crippen molar-refractivity contribution in [2.45, 2.75) is 26.7 Å². The largest absolute Gasteiger partial charge is 0.429 e. The van der Waals surface area contributed by atoms with Gasteiger partial charge in [0.1, 0.15) is 5.75 Å². The molecular weight excluding hydrogens is 317 g/mol. The number of benzene rings is 2. The standard InChI is InChI=1S/C17H21ClNO2P/c1-12(2)14-6-9-16(10-7-14)21-22(4,20)19-17-11-15(18)8-5-13(17)3/h5-12H,1-4H3,(H,19,20)/t22-/m1/s1. The minimum atomic E-state index is -3.03. The lowest BCUT2D eigenvalue weighted by atomic mass is 10.0. The molecule has 0 saturated carbocycles. The predicted octanol–water partition coefficient (Wildman–Crippen LogP) is 6.09. The van der Waals surface area contributed by atoms with Crippen molar-refractivity contribution < 1.29 is 9.09 Å². The molecule has 0 spiro atoms. The summed E-state index contributed by atoms with van der Waals surface area (Å²) in [6, 6.07) is 13.1. The molecule has 3 nitrogen and oxygen atoms in total. The van der Waals surface area contributed by atoms with Gasteiger partial charge in [-0.15, -0.1) is 0 Å². The second-order valence-electron chi connectivity index (χ2n) is 5.73. The van der Waals surface area contributed by atoms with Gasteiger partial charge >= 0.3 is 7.52 Å². The zero-order chi connectivity index (χ0) is 16.3. The molecule has 0 aliphatic heterocycles. The third-order valence-corrected chi connectivity index (χ3v) is 4.79. The van der Waals surface area contributed by atoms with E-state index in [4.69, 9.17) is 16.1 Å². The maximum Gasteiger partial charge on any atom is 0.338 e. The fraction of sp³-hybridized carbons (Fsp3) is 0.294. The van der Waals surface area contributed by atoms with E-state index in [-0.39, 0.29) is 0 Å². The van der Waals surface area contributed by atoms with Gasteiger partial charge in [0.25, 0.3) is 0 Å². The SMILES string of the molecule is Cc1ccc(Cl)cc1N[P@](C)(=O)Oc1ccc(C(C)C)cc1. The van der Waals surface area contributed by atoms with Crippen molar-refractivity contribution >= 4 is 24.8 Å². The third-order valence-electron chi connectivity index (χ3n) is 3.35. The van der Waals surface area contributed by atoms with Crippen molar-refractivity contribution in [3.63, 3.8) is 0 Å². The lowest BCUT2D eigenvalue weighted by Gasteiger charge is -2.19. The van der Waals surface area contributed by atoms with E-state index in [1.807, 2.05) is 37.3 Å². The van der Waals surface area contributed by atoms with E-state index in [1.54, 1.807) is 18.8 Å². The first-order valence-corrected chi connectivity index (χ1v) is 9.63. The van der Waals surface area contributed by atoms with Crippen LogP contribution in [0.4, 0.5) is 5.69 Å². The molecule has 5 heteroatoms. The van der Waals surface area contributed by atoms with Gasteiger partial charge in [0.05, 0.1) is 0 Å². The van der Waals surface area contributed by atoms with Crippen LogP contribution < -0.4 is 9.61 Å². The summed E-state index contributed by atoms with van der Waals surface area (Å²) in [5, 5.41) is 3.55. The third kappa shape index (κ3) is 4.53. The fourth-order valence-corrected chi connectivity index (χ4v) is 3.49. The summed E-state index contributed by atoms with van der Waals surface area (Å²) in [6.07, 6.45) is 0. The van der Waals surface area contributed by atoms with E-state index in [9.17, 15) is 4.57 Å². The Bertz CT molecular complexity index is 698. The molecule has 2 aromatic carbocycles. The Morgan fingerprint density at radius 1 is 1.14 bits per heavy atom. The van der Waals surface area contributed by atoms with Crippen molar-refractivity contribution in [3.8, 4) is 5.75 Å². The molecule has 0 aromatic heterocycles. The lowest BCUT2D eigenvalue weighted by molar-refractivity contribution is 0.493. The molecule has 0 heterocycles. The van der Waals surface area contributed by atoms with Gasteiger partial charge in [-0.05, 0) is 48.2 Å². The van der Waals surface area contributed by atoms with Gasteiger partial charge in [0.15, 0.2) is 0 Å². The van der Waals surface area contributed by atoms with Gasteiger partial charge in [-0.2, -0.15) is 0 Å². The Balaban J connectivity index is 2.13. The van der Waals surface area contributed by atoms with Crippen LogP contribution in [0, 0.1) is 6.92 Å². The maximum absolute atomic E-state index is 12.7. The zero-order valence-electron chi connectivity index (χ0n) is 13.3. The van der Waals surface area contributed by atoms with E-state index < -0.39 is 7.52 Å². The van der Waals surface area contributed by atoms with Crippen molar-refractivity contribution in [1.29, 1.82) is 0 Å². The Morgan fingerprint density at radius 3 is 2.36 bits per heavy atom. The number of rotatable bonds is 5. The average molecular weight is 338 g/mol. The van der Waals surface area contributed by atoms with Crippen LogP contribution in [-0.2, 0) is 4.57 Å². The molecule has 0 amide bonds. The highest BCUT2D eigenvalue weighted by atomic mass is 35.5. The van der Waals surface area contributed by atoms with Gasteiger partial charge in [-0.1, -0.05) is 43.6 Å². The quantitative estimate of drug-likeness (QED) is 0.671. The minimum Gasteiger partial charge on any atom is -0.429 e. The van der Waals surface area contributed by atoms with Crippen LogP contribution >= 0.6 is 19.1 Å². The second-order valence-corrected chi connectivity index (χ2v) is 8.27. The van der Waals surface area contributed by atoms with Crippen LogP contribution in [0.5, 0.6) is 5.75 Å². The van der Waals surface area contributed by atoms with Gasteiger partial charge in [-0.25, -0.2) is 0 Å². The monoisotopic (exact) mass is 337 g/mol. The summed E-state index contributed by atoms with van der Waals surface area (Å²) in [5.41, 5.74) is 2.90. The topological polar surface area (TPSA) is 38.3 Å². The molecule has 1 N–H and O–H groups in total. The Morgan fingerprint density at radius 2 is 1.77 bits per heavy atom. The molecule has 2 aromatic rings. The molecule has 22 heavy (non-hydrogen) atoms. The van der Waals surface area contributed by atoms with Gasteiger partial charge in [0.2, 0.25) is 0 Å². The van der Waals surface area contributed by atoms with E-state index in [1.165, 1.54) is 5.56 Å². The van der Waals surface area contributed by atoms with Gasteiger partial charge in [-0.3, -0.25) is 4.57 Å². The van der Waals surface area contributed by atoms with Crippen molar-refractivity contribution in [2.24, 2.45) is 0 Å². The number of halogens is 1. The van der Waals surface area contributed by atoms with Crippen LogP contribution in [0.2, 0.25) is 5.02 Å². The van der Waals surface area contributed by atoms with Crippen LogP contribution in [0.1, 0.15) is 30.9 Å². The average Bonchev–Trinajstić information content (AvgIpc) is 2.42. The summed E-state index contributed by atoms with van der Waals surface area (Å²) in [4.78, 5) is 0. The molecule has 0 aliphatic rings. The van der Waals surface area contributed by atoms with Crippen LogP contribution in [-0.4, -0.2) is 6.66 Å². The molecule has 0 unspecified atom stereocenters. The minimum absolute atomic E-state index is 0.453. The molecular formula is C17H21ClNO2P. The van der Waals surface area contributed by atoms with Crippen molar-refractivity contribution in [1.82, 2.24) is 0 Å².